The van der Waals surface area contributed by atoms with E-state index >= 15 is 0 Å². The highest BCUT2D eigenvalue weighted by atomic mass is 16.5. The minimum atomic E-state index is -0.560. The SMILES string of the molecule is CCOc1cccc(CNC(=O)C(C)Oc2ccccc2C(C)C)c1. The van der Waals surface area contributed by atoms with Crippen LogP contribution < -0.4 is 14.8 Å². The van der Waals surface area contributed by atoms with Gasteiger partial charge in [0.1, 0.15) is 11.5 Å². The zero-order chi connectivity index (χ0) is 18.2. The molecule has 1 atom stereocenters. The van der Waals surface area contributed by atoms with Crippen molar-refractivity contribution in [2.45, 2.75) is 46.3 Å². The van der Waals surface area contributed by atoms with Gasteiger partial charge in [-0.05, 0) is 49.1 Å². The molecule has 2 aromatic rings. The highest BCUT2D eigenvalue weighted by Crippen LogP contribution is 2.26. The second kappa shape index (κ2) is 9.11. The minimum Gasteiger partial charge on any atom is -0.494 e. The van der Waals surface area contributed by atoms with Crippen LogP contribution in [0.5, 0.6) is 11.5 Å². The lowest BCUT2D eigenvalue weighted by molar-refractivity contribution is -0.127. The summed E-state index contributed by atoms with van der Waals surface area (Å²) in [4.78, 5) is 12.3. The summed E-state index contributed by atoms with van der Waals surface area (Å²) in [5.41, 5.74) is 2.10. The summed E-state index contributed by atoms with van der Waals surface area (Å²) in [6, 6.07) is 15.6. The largest absolute Gasteiger partial charge is 0.494 e. The average Bonchev–Trinajstić information content (AvgIpc) is 2.60. The van der Waals surface area contributed by atoms with Gasteiger partial charge in [-0.1, -0.05) is 44.2 Å². The maximum Gasteiger partial charge on any atom is 0.261 e. The third-order valence-electron chi connectivity index (χ3n) is 3.89. The fourth-order valence-electron chi connectivity index (χ4n) is 2.55. The number of ether oxygens (including phenoxy) is 2. The minimum absolute atomic E-state index is 0.139. The van der Waals surface area contributed by atoms with Crippen molar-refractivity contribution < 1.29 is 14.3 Å². The summed E-state index contributed by atoms with van der Waals surface area (Å²) in [5, 5.41) is 2.92. The molecule has 0 aliphatic carbocycles. The van der Waals surface area contributed by atoms with Crippen LogP contribution in [0.4, 0.5) is 0 Å². The molecule has 0 aromatic heterocycles. The molecule has 0 fully saturated rings. The molecule has 2 aromatic carbocycles. The Morgan fingerprint density at radius 3 is 2.56 bits per heavy atom. The van der Waals surface area contributed by atoms with Gasteiger partial charge in [-0.2, -0.15) is 0 Å². The molecule has 134 valence electrons. The van der Waals surface area contributed by atoms with Gasteiger partial charge in [0.05, 0.1) is 6.61 Å². The summed E-state index contributed by atoms with van der Waals surface area (Å²) < 4.78 is 11.4. The van der Waals surface area contributed by atoms with Crippen molar-refractivity contribution in [3.05, 3.63) is 59.7 Å². The van der Waals surface area contributed by atoms with E-state index in [0.29, 0.717) is 19.1 Å². The predicted molar refractivity (Wildman–Crippen MR) is 100 cm³/mol. The van der Waals surface area contributed by atoms with E-state index in [2.05, 4.69) is 19.2 Å². The van der Waals surface area contributed by atoms with Crippen LogP contribution in [-0.4, -0.2) is 18.6 Å². The predicted octanol–water partition coefficient (Wildman–Crippen LogP) is 4.29. The summed E-state index contributed by atoms with van der Waals surface area (Å²) in [7, 11) is 0. The van der Waals surface area contributed by atoms with Crippen molar-refractivity contribution in [2.24, 2.45) is 0 Å². The first-order valence-electron chi connectivity index (χ1n) is 8.76. The molecule has 1 amide bonds. The Morgan fingerprint density at radius 1 is 1.08 bits per heavy atom. The molecular formula is C21H27NO3. The van der Waals surface area contributed by atoms with Crippen molar-refractivity contribution in [1.29, 1.82) is 0 Å². The van der Waals surface area contributed by atoms with E-state index in [1.807, 2.05) is 55.5 Å². The van der Waals surface area contributed by atoms with Gasteiger partial charge >= 0.3 is 0 Å². The first-order chi connectivity index (χ1) is 12.0. The second-order valence-corrected chi connectivity index (χ2v) is 6.25. The number of carbonyl (C=O) groups is 1. The van der Waals surface area contributed by atoms with Crippen molar-refractivity contribution in [3.63, 3.8) is 0 Å². The number of amides is 1. The Bertz CT molecular complexity index is 697. The summed E-state index contributed by atoms with van der Waals surface area (Å²) in [6.07, 6.45) is -0.560. The van der Waals surface area contributed by atoms with Crippen LogP contribution in [0.2, 0.25) is 0 Å². The molecule has 2 rings (SSSR count). The molecule has 4 heteroatoms. The lowest BCUT2D eigenvalue weighted by Gasteiger charge is -2.18. The first kappa shape index (κ1) is 18.8. The zero-order valence-electron chi connectivity index (χ0n) is 15.4. The maximum absolute atomic E-state index is 12.3. The van der Waals surface area contributed by atoms with Gasteiger partial charge in [0.2, 0.25) is 0 Å². The second-order valence-electron chi connectivity index (χ2n) is 6.25. The van der Waals surface area contributed by atoms with Crippen molar-refractivity contribution in [1.82, 2.24) is 5.32 Å². The molecule has 0 aliphatic rings. The van der Waals surface area contributed by atoms with Crippen LogP contribution >= 0.6 is 0 Å². The van der Waals surface area contributed by atoms with Crippen molar-refractivity contribution >= 4 is 5.91 Å². The standard InChI is InChI=1S/C21H27NO3/c1-5-24-18-10-8-9-17(13-18)14-22-21(23)16(4)25-20-12-7-6-11-19(20)15(2)3/h6-13,15-16H,5,14H2,1-4H3,(H,22,23). The summed E-state index contributed by atoms with van der Waals surface area (Å²) in [6.45, 7) is 9.00. The molecule has 0 spiro atoms. The lowest BCUT2D eigenvalue weighted by Crippen LogP contribution is -2.36. The quantitative estimate of drug-likeness (QED) is 0.779. The number of hydrogen-bond acceptors (Lipinski definition) is 3. The summed E-state index contributed by atoms with van der Waals surface area (Å²) in [5.74, 6) is 1.77. The topological polar surface area (TPSA) is 47.6 Å². The van der Waals surface area contributed by atoms with Gasteiger partial charge in [0.25, 0.3) is 5.91 Å². The van der Waals surface area contributed by atoms with Crippen molar-refractivity contribution in [3.8, 4) is 11.5 Å². The number of para-hydroxylation sites is 1. The average molecular weight is 341 g/mol. The van der Waals surface area contributed by atoms with E-state index in [9.17, 15) is 4.79 Å². The first-order valence-corrected chi connectivity index (χ1v) is 8.76. The van der Waals surface area contributed by atoms with E-state index in [4.69, 9.17) is 9.47 Å². The number of rotatable bonds is 8. The Labute approximate surface area is 150 Å². The van der Waals surface area contributed by atoms with E-state index < -0.39 is 6.10 Å². The molecule has 4 nitrogen and oxygen atoms in total. The highest BCUT2D eigenvalue weighted by molar-refractivity contribution is 5.80. The van der Waals surface area contributed by atoms with Crippen LogP contribution in [-0.2, 0) is 11.3 Å². The normalized spacial score (nSPS) is 11.9. The van der Waals surface area contributed by atoms with Gasteiger partial charge < -0.3 is 14.8 Å². The maximum atomic E-state index is 12.3. The molecule has 0 aliphatic heterocycles. The van der Waals surface area contributed by atoms with Crippen LogP contribution in [0, 0.1) is 0 Å². The third-order valence-corrected chi connectivity index (χ3v) is 3.89. The van der Waals surface area contributed by atoms with E-state index in [1.165, 1.54) is 0 Å². The summed E-state index contributed by atoms with van der Waals surface area (Å²) >= 11 is 0. The van der Waals surface area contributed by atoms with Gasteiger partial charge in [-0.25, -0.2) is 0 Å². The molecule has 1 unspecified atom stereocenters. The Kier molecular flexibility index (Phi) is 6.87. The smallest absolute Gasteiger partial charge is 0.261 e. The van der Waals surface area contributed by atoms with Crippen LogP contribution in [0.1, 0.15) is 44.7 Å². The molecule has 25 heavy (non-hydrogen) atoms. The van der Waals surface area contributed by atoms with E-state index in [0.717, 1.165) is 22.6 Å². The number of hydrogen-bond donors (Lipinski definition) is 1. The fraction of sp³-hybridized carbons (Fsp3) is 0.381. The highest BCUT2D eigenvalue weighted by Gasteiger charge is 2.17. The lowest BCUT2D eigenvalue weighted by atomic mass is 10.0. The molecule has 0 bridgehead atoms. The molecule has 0 saturated heterocycles. The molecule has 0 radical (unpaired) electrons. The van der Waals surface area contributed by atoms with Crippen LogP contribution in [0.25, 0.3) is 0 Å². The van der Waals surface area contributed by atoms with Crippen LogP contribution in [0.3, 0.4) is 0 Å². The monoisotopic (exact) mass is 341 g/mol. The van der Waals surface area contributed by atoms with Crippen LogP contribution in [0.15, 0.2) is 48.5 Å². The van der Waals surface area contributed by atoms with Gasteiger partial charge in [-0.3, -0.25) is 4.79 Å². The van der Waals surface area contributed by atoms with Gasteiger partial charge in [0, 0.05) is 6.54 Å². The molecule has 0 saturated carbocycles. The molecule has 0 heterocycles. The fourth-order valence-corrected chi connectivity index (χ4v) is 2.55. The molecular weight excluding hydrogens is 314 g/mol. The number of benzene rings is 2. The molecule has 1 N–H and O–H groups in total. The Balaban J connectivity index is 1.94. The zero-order valence-corrected chi connectivity index (χ0v) is 15.4. The van der Waals surface area contributed by atoms with E-state index in [-0.39, 0.29) is 5.91 Å². The van der Waals surface area contributed by atoms with Gasteiger partial charge in [-0.15, -0.1) is 0 Å². The number of carbonyl (C=O) groups excluding carboxylic acids is 1. The van der Waals surface area contributed by atoms with Gasteiger partial charge in [0.15, 0.2) is 6.10 Å². The van der Waals surface area contributed by atoms with E-state index in [1.54, 1.807) is 6.92 Å². The Morgan fingerprint density at radius 2 is 1.84 bits per heavy atom. The Hall–Kier alpha value is -2.49. The number of nitrogens with one attached hydrogen (secondary N) is 1. The van der Waals surface area contributed by atoms with Crippen molar-refractivity contribution in [2.75, 3.05) is 6.61 Å². The third kappa shape index (κ3) is 5.52.